The molecule has 1 aromatic heterocycles. The molecule has 4 unspecified atom stereocenters. The van der Waals surface area contributed by atoms with Gasteiger partial charge in [-0.3, -0.25) is 9.32 Å². The van der Waals surface area contributed by atoms with Crippen molar-refractivity contribution in [2.24, 2.45) is 0 Å². The summed E-state index contributed by atoms with van der Waals surface area (Å²) in [4.78, 5) is 28.3. The van der Waals surface area contributed by atoms with Crippen LogP contribution in [0.25, 0.3) is 0 Å². The predicted molar refractivity (Wildman–Crippen MR) is 160 cm³/mol. The molecule has 1 aliphatic heterocycles. The molecule has 0 radical (unpaired) electrons. The first-order chi connectivity index (χ1) is 20.8. The number of aromatic nitrogens is 2. The van der Waals surface area contributed by atoms with Crippen LogP contribution in [0, 0.1) is 0 Å². The van der Waals surface area contributed by atoms with Crippen LogP contribution in [0.5, 0.6) is 5.75 Å². The van der Waals surface area contributed by atoms with E-state index in [1.807, 2.05) is 30.3 Å². The maximum atomic E-state index is 14.3. The van der Waals surface area contributed by atoms with Gasteiger partial charge in [-0.05, 0) is 61.9 Å². The van der Waals surface area contributed by atoms with Gasteiger partial charge in [-0.1, -0.05) is 52.7 Å². The van der Waals surface area contributed by atoms with Gasteiger partial charge < -0.3 is 24.5 Å². The van der Waals surface area contributed by atoms with E-state index in [0.29, 0.717) is 0 Å². The Bertz CT molecular complexity index is 1470. The number of esters is 1. The molecule has 4 N–H and O–H groups in total. The molecule has 2 heterocycles. The lowest BCUT2D eigenvalue weighted by Crippen LogP contribution is -2.55. The zero-order valence-electron chi connectivity index (χ0n) is 23.4. The van der Waals surface area contributed by atoms with Gasteiger partial charge in [0.2, 0.25) is 6.23 Å². The van der Waals surface area contributed by atoms with Crippen molar-refractivity contribution in [2.45, 2.75) is 63.2 Å². The Morgan fingerprint density at radius 3 is 2.58 bits per heavy atom. The third-order valence-corrected chi connectivity index (χ3v) is 9.18. The Morgan fingerprint density at radius 1 is 1.12 bits per heavy atom. The van der Waals surface area contributed by atoms with Crippen LogP contribution < -0.4 is 25.6 Å². The average Bonchev–Trinajstić information content (AvgIpc) is 3.47. The van der Waals surface area contributed by atoms with Crippen molar-refractivity contribution in [3.63, 3.8) is 0 Å². The van der Waals surface area contributed by atoms with Gasteiger partial charge in [-0.15, -0.1) is 0 Å². The number of nitrogens with one attached hydrogen (secondary N) is 2. The Labute approximate surface area is 257 Å². The van der Waals surface area contributed by atoms with Gasteiger partial charge in [-0.2, -0.15) is 19.4 Å². The third-order valence-electron chi connectivity index (χ3n) is 7.08. The van der Waals surface area contributed by atoms with E-state index in [-0.39, 0.29) is 37.3 Å². The maximum absolute atomic E-state index is 14.3. The standard InChI is InChI=1S/C29H34BrN4O8P/c30-21-11-13-23(14-12-21)42-43(37,39-19-27-38-18-26(41-27)34-16-15-25(31)32-29(34)36)33-24(17-20-7-3-1-4-8-20)28(35)40-22-9-5-2-6-10-22/h1,3-4,7-8,11-16,22,24,26-27H,2,5-6,9-10,17-19H2,(H3,31,32,33,36,37)/p+1. The molecule has 0 spiro atoms. The fourth-order valence-electron chi connectivity index (χ4n) is 4.90. The molecular formula is C29H35BrN4O8P+. The highest BCUT2D eigenvalue weighted by atomic mass is 79.9. The lowest BCUT2D eigenvalue weighted by molar-refractivity contribution is -0.771. The summed E-state index contributed by atoms with van der Waals surface area (Å²) >= 11 is 3.38. The number of ether oxygens (including phenoxy) is 3. The number of nitrogens with two attached hydrogens (primary N) is 1. The van der Waals surface area contributed by atoms with E-state index in [0.717, 1.165) is 42.1 Å². The van der Waals surface area contributed by atoms with Crippen LogP contribution in [0.15, 0.2) is 76.1 Å². The SMILES string of the molecule is Nc1cc[n+](C2COC(COP(=O)(NC(Cc3ccccc3)C(=O)OC3CCCCC3)Oc3ccc(Br)cc3)O2)c(=O)[nH]1. The number of nitrogen functional groups attached to an aromatic ring is 1. The Hall–Kier alpha value is -3.06. The summed E-state index contributed by atoms with van der Waals surface area (Å²) in [6.45, 7) is -0.276. The first kappa shape index (κ1) is 31.4. The van der Waals surface area contributed by atoms with Crippen molar-refractivity contribution < 1.29 is 37.2 Å². The van der Waals surface area contributed by atoms with Crippen LogP contribution in [0.3, 0.4) is 0 Å². The van der Waals surface area contributed by atoms with Gasteiger partial charge >= 0.3 is 19.4 Å². The molecule has 230 valence electrons. The average molecular weight is 678 g/mol. The highest BCUT2D eigenvalue weighted by Crippen LogP contribution is 2.46. The summed E-state index contributed by atoms with van der Waals surface area (Å²) in [6, 6.07) is 16.6. The number of nitrogens with zero attached hydrogens (tertiary/aromatic N) is 1. The number of benzene rings is 2. The minimum atomic E-state index is -4.23. The molecule has 2 aliphatic rings. The molecule has 1 saturated carbocycles. The van der Waals surface area contributed by atoms with E-state index in [4.69, 9.17) is 29.0 Å². The van der Waals surface area contributed by atoms with E-state index in [2.05, 4.69) is 26.0 Å². The van der Waals surface area contributed by atoms with Crippen LogP contribution in [-0.4, -0.2) is 42.6 Å². The summed E-state index contributed by atoms with van der Waals surface area (Å²) in [5.74, 6) is -0.0659. The number of carbonyl (C=O) groups excluding carboxylic acids is 1. The molecule has 4 atom stereocenters. The van der Waals surface area contributed by atoms with Crippen molar-refractivity contribution in [3.8, 4) is 5.75 Å². The van der Waals surface area contributed by atoms with Crippen LogP contribution in [-0.2, 0) is 34.5 Å². The third kappa shape index (κ3) is 8.98. The molecule has 12 nitrogen and oxygen atoms in total. The summed E-state index contributed by atoms with van der Waals surface area (Å²) in [5.41, 5.74) is 6.00. The minimum Gasteiger partial charge on any atom is -0.461 e. The molecule has 2 aromatic carbocycles. The highest BCUT2D eigenvalue weighted by molar-refractivity contribution is 9.10. The second kappa shape index (κ2) is 14.6. The summed E-state index contributed by atoms with van der Waals surface area (Å²) in [7, 11) is -4.23. The second-order valence-corrected chi connectivity index (χ2v) is 13.0. The van der Waals surface area contributed by atoms with E-state index in [9.17, 15) is 14.2 Å². The van der Waals surface area contributed by atoms with E-state index in [1.165, 1.54) is 16.8 Å². The van der Waals surface area contributed by atoms with Gasteiger partial charge in [0.05, 0.1) is 0 Å². The largest absolute Gasteiger partial charge is 0.499 e. The van der Waals surface area contributed by atoms with Crippen LogP contribution >= 0.6 is 23.7 Å². The Balaban J connectivity index is 1.33. The number of hydrogen-bond acceptors (Lipinski definition) is 9. The number of carbonyl (C=O) groups is 1. The zero-order valence-corrected chi connectivity index (χ0v) is 25.9. The van der Waals surface area contributed by atoms with E-state index in [1.54, 1.807) is 24.3 Å². The summed E-state index contributed by atoms with van der Waals surface area (Å²) in [6.07, 6.45) is 4.44. The van der Waals surface area contributed by atoms with Gasteiger partial charge in [0.15, 0.2) is 12.1 Å². The molecule has 14 heteroatoms. The predicted octanol–water partition coefficient (Wildman–Crippen LogP) is 4.16. The lowest BCUT2D eigenvalue weighted by atomic mass is 9.97. The lowest BCUT2D eigenvalue weighted by Gasteiger charge is -2.28. The normalized spacial score (nSPS) is 21.1. The Morgan fingerprint density at radius 2 is 1.86 bits per heavy atom. The van der Waals surface area contributed by atoms with Crippen molar-refractivity contribution in [3.05, 3.63) is 87.4 Å². The summed E-state index contributed by atoms with van der Waals surface area (Å²) in [5, 5.41) is 2.85. The molecule has 3 aromatic rings. The van der Waals surface area contributed by atoms with Crippen molar-refractivity contribution in [1.82, 2.24) is 10.1 Å². The van der Waals surface area contributed by atoms with Gasteiger partial charge in [-0.25, -0.2) is 4.57 Å². The number of hydrogen-bond donors (Lipinski definition) is 3. The van der Waals surface area contributed by atoms with Crippen molar-refractivity contribution >= 4 is 35.5 Å². The maximum Gasteiger partial charge on any atom is 0.499 e. The van der Waals surface area contributed by atoms with E-state index >= 15 is 0 Å². The van der Waals surface area contributed by atoms with Crippen molar-refractivity contribution in [2.75, 3.05) is 18.9 Å². The first-order valence-electron chi connectivity index (χ1n) is 14.2. The van der Waals surface area contributed by atoms with Gasteiger partial charge in [0, 0.05) is 10.5 Å². The molecule has 5 rings (SSSR count). The number of anilines is 1. The fourth-order valence-corrected chi connectivity index (χ4v) is 6.64. The topological polar surface area (TPSA) is 155 Å². The molecule has 43 heavy (non-hydrogen) atoms. The van der Waals surface area contributed by atoms with Crippen molar-refractivity contribution in [1.29, 1.82) is 0 Å². The molecule has 2 fully saturated rings. The smallest absolute Gasteiger partial charge is 0.461 e. The van der Waals surface area contributed by atoms with E-state index < -0.39 is 38.0 Å². The van der Waals surface area contributed by atoms with Crippen LogP contribution in [0.4, 0.5) is 5.82 Å². The summed E-state index contributed by atoms with van der Waals surface area (Å²) < 4.78 is 45.5. The quantitative estimate of drug-likeness (QED) is 0.145. The number of halogens is 1. The number of rotatable bonds is 12. The zero-order chi connectivity index (χ0) is 30.2. The monoisotopic (exact) mass is 677 g/mol. The van der Waals surface area contributed by atoms with Gasteiger partial charge in [0.25, 0.3) is 0 Å². The number of aromatic amines is 1. The minimum absolute atomic E-state index is 0.0430. The Kier molecular flexibility index (Phi) is 10.7. The second-order valence-electron chi connectivity index (χ2n) is 10.4. The molecular weight excluding hydrogens is 643 g/mol. The molecule has 1 aliphatic carbocycles. The molecule has 0 bridgehead atoms. The molecule has 0 amide bonds. The first-order valence-corrected chi connectivity index (χ1v) is 16.5. The van der Waals surface area contributed by atoms with Crippen LogP contribution in [0.2, 0.25) is 0 Å². The van der Waals surface area contributed by atoms with Crippen LogP contribution in [0.1, 0.15) is 43.9 Å². The van der Waals surface area contributed by atoms with Gasteiger partial charge in [0.1, 0.15) is 37.3 Å². The number of H-pyrrole nitrogens is 1. The highest BCUT2D eigenvalue weighted by Gasteiger charge is 2.39. The molecule has 1 saturated heterocycles. The fraction of sp³-hybridized carbons (Fsp3) is 0.414.